The molecule has 0 spiro atoms. The largest absolute Gasteiger partial charge is 2.00 e. The second kappa shape index (κ2) is 15.0. The minimum Gasteiger partial charge on any atom is -0.536 e. The molecule has 0 aliphatic heterocycles. The van der Waals surface area contributed by atoms with Crippen molar-refractivity contribution >= 4 is 11.4 Å². The van der Waals surface area contributed by atoms with Crippen molar-refractivity contribution in [1.29, 1.82) is 0 Å². The van der Waals surface area contributed by atoms with Gasteiger partial charge < -0.3 is 38.7 Å². The quantitative estimate of drug-likeness (QED) is 0.230. The van der Waals surface area contributed by atoms with Gasteiger partial charge in [0.1, 0.15) is 0 Å². The topological polar surface area (TPSA) is 69.2 Å². The summed E-state index contributed by atoms with van der Waals surface area (Å²) in [6.07, 6.45) is 3.57. The molecule has 0 saturated heterocycles. The van der Waals surface area contributed by atoms with Crippen LogP contribution in [0.3, 0.4) is 0 Å². The van der Waals surface area contributed by atoms with Gasteiger partial charge in [0, 0.05) is 52.0 Å². The normalized spacial score (nSPS) is 9.85. The monoisotopic (exact) mass is 709 g/mol. The Hall–Kier alpha value is -3.77. The molecule has 0 aliphatic carbocycles. The first kappa shape index (κ1) is 31.4. The second-order valence-corrected chi connectivity index (χ2v) is 8.53. The van der Waals surface area contributed by atoms with Gasteiger partial charge in [-0.2, -0.15) is 0 Å². The predicted octanol–water partition coefficient (Wildman–Crippen LogP) is 5.26. The van der Waals surface area contributed by atoms with Crippen LogP contribution >= 0.6 is 0 Å². The summed E-state index contributed by atoms with van der Waals surface area (Å²) in [5.74, 6) is 2.49. The van der Waals surface area contributed by atoms with Crippen LogP contribution in [0.4, 0.5) is 11.4 Å². The number of ether oxygens (including phenoxy) is 4. The maximum Gasteiger partial charge on any atom is 2.00 e. The number of benzene rings is 2. The van der Waals surface area contributed by atoms with Crippen molar-refractivity contribution in [2.45, 2.75) is 0 Å². The third-order valence-corrected chi connectivity index (χ3v) is 5.67. The zero-order valence-corrected chi connectivity index (χ0v) is 25.8. The molecule has 9 heteroatoms. The number of pyridine rings is 2. The molecule has 39 heavy (non-hydrogen) atoms. The van der Waals surface area contributed by atoms with Crippen LogP contribution in [-0.2, 0) is 21.1 Å². The molecule has 8 nitrogen and oxygen atoms in total. The van der Waals surface area contributed by atoms with E-state index in [0.29, 0.717) is 23.0 Å². The van der Waals surface area contributed by atoms with Crippen LogP contribution in [0.5, 0.6) is 23.0 Å². The van der Waals surface area contributed by atoms with Gasteiger partial charge in [-0.3, -0.25) is 0 Å². The Labute approximate surface area is 245 Å². The van der Waals surface area contributed by atoms with E-state index in [1.54, 1.807) is 40.8 Å². The minimum atomic E-state index is 0. The van der Waals surface area contributed by atoms with Gasteiger partial charge in [-0.1, -0.05) is 24.3 Å². The molecule has 2 aromatic heterocycles. The van der Waals surface area contributed by atoms with Crippen LogP contribution < -0.4 is 28.7 Å². The fraction of sp³-hybridized carbons (Fsp3) is 0.267. The van der Waals surface area contributed by atoms with Crippen LogP contribution in [0.15, 0.2) is 60.9 Å². The molecule has 4 aromatic rings. The Bertz CT molecular complexity index is 1250. The van der Waals surface area contributed by atoms with Crippen LogP contribution in [-0.4, -0.2) is 66.6 Å². The summed E-state index contributed by atoms with van der Waals surface area (Å²) in [5, 5.41) is 0. The zero-order valence-electron chi connectivity index (χ0n) is 23.5. The third-order valence-electron chi connectivity index (χ3n) is 5.67. The van der Waals surface area contributed by atoms with Gasteiger partial charge in [-0.25, -0.2) is 0 Å². The Morgan fingerprint density at radius 2 is 0.949 bits per heavy atom. The Morgan fingerprint density at radius 1 is 0.564 bits per heavy atom. The maximum atomic E-state index is 5.26. The molecule has 4 rings (SSSR count). The van der Waals surface area contributed by atoms with Crippen molar-refractivity contribution in [3.05, 3.63) is 73.1 Å². The molecule has 0 aliphatic rings. The van der Waals surface area contributed by atoms with E-state index in [1.165, 1.54) is 0 Å². The third kappa shape index (κ3) is 8.11. The van der Waals surface area contributed by atoms with Gasteiger partial charge in [0.05, 0.1) is 51.4 Å². The molecule has 0 saturated carbocycles. The van der Waals surface area contributed by atoms with Gasteiger partial charge in [0.25, 0.3) is 0 Å². The van der Waals surface area contributed by atoms with E-state index in [1.807, 2.05) is 86.5 Å². The summed E-state index contributed by atoms with van der Waals surface area (Å²) in [5.41, 5.74) is 5.64. The number of anilines is 2. The van der Waals surface area contributed by atoms with Gasteiger partial charge >= 0.3 is 21.1 Å². The molecule has 0 N–H and O–H groups in total. The summed E-state index contributed by atoms with van der Waals surface area (Å²) in [7, 11) is 14.4. The summed E-state index contributed by atoms with van der Waals surface area (Å²) in [6, 6.07) is 21.8. The summed E-state index contributed by atoms with van der Waals surface area (Å²) < 4.78 is 20.9. The van der Waals surface area contributed by atoms with E-state index in [9.17, 15) is 0 Å². The molecular weight excluding hydrogens is 675 g/mol. The SMILES string of the molecule is COc1[c-]c(-c2cc(N(C)C)ccn2)ccc1OC.COc1[c-]c(-c2cc(N(C)C)ccn2)ccc1OC.[Pt+2]. The smallest absolute Gasteiger partial charge is 0.536 e. The predicted molar refractivity (Wildman–Crippen MR) is 152 cm³/mol. The van der Waals surface area contributed by atoms with E-state index in [4.69, 9.17) is 18.9 Å². The van der Waals surface area contributed by atoms with Crippen molar-refractivity contribution in [3.63, 3.8) is 0 Å². The first-order valence-corrected chi connectivity index (χ1v) is 11.9. The van der Waals surface area contributed by atoms with Crippen LogP contribution in [0, 0.1) is 12.1 Å². The average Bonchev–Trinajstić information content (AvgIpc) is 2.96. The number of nitrogens with zero attached hydrogens (tertiary/aromatic N) is 4. The van der Waals surface area contributed by atoms with Crippen LogP contribution in [0.25, 0.3) is 22.5 Å². The molecule has 2 aromatic carbocycles. The van der Waals surface area contributed by atoms with Crippen LogP contribution in [0.1, 0.15) is 0 Å². The minimum absolute atomic E-state index is 0. The number of aromatic nitrogens is 2. The molecule has 0 unspecified atom stereocenters. The van der Waals surface area contributed by atoms with Gasteiger partial charge in [0.2, 0.25) is 0 Å². The summed E-state index contributed by atoms with van der Waals surface area (Å²) in [4.78, 5) is 12.8. The van der Waals surface area contributed by atoms with E-state index < -0.39 is 0 Å². The molecule has 0 radical (unpaired) electrons. The Balaban J connectivity index is 0.000000267. The van der Waals surface area contributed by atoms with Crippen molar-refractivity contribution in [1.82, 2.24) is 9.97 Å². The van der Waals surface area contributed by atoms with E-state index in [0.717, 1.165) is 33.9 Å². The maximum absolute atomic E-state index is 5.26. The summed E-state index contributed by atoms with van der Waals surface area (Å²) in [6.45, 7) is 0. The van der Waals surface area contributed by atoms with Crippen LogP contribution in [0.2, 0.25) is 0 Å². The Morgan fingerprint density at radius 3 is 1.26 bits per heavy atom. The van der Waals surface area contributed by atoms with Gasteiger partial charge in [-0.05, 0) is 23.5 Å². The van der Waals surface area contributed by atoms with E-state index >= 15 is 0 Å². The molecule has 0 amide bonds. The average molecular weight is 710 g/mol. The fourth-order valence-corrected chi connectivity index (χ4v) is 3.53. The zero-order chi connectivity index (χ0) is 27.7. The number of rotatable bonds is 8. The van der Waals surface area contributed by atoms with E-state index in [2.05, 4.69) is 22.1 Å². The standard InChI is InChI=1S/2C15H17N2O2.Pt/c2*1-17(2)12-7-8-16-13(10-12)11-5-6-14(18-3)15(9-11)19-4;/h2*5-8,10H,1-4H3;/q2*-1;+2. The van der Waals surface area contributed by atoms with E-state index in [-0.39, 0.29) is 21.1 Å². The van der Waals surface area contributed by atoms with Gasteiger partial charge in [-0.15, -0.1) is 35.4 Å². The number of methoxy groups -OCH3 is 4. The van der Waals surface area contributed by atoms with Crippen molar-refractivity contribution < 1.29 is 40.0 Å². The Kier molecular flexibility index (Phi) is 12.1. The number of hydrogen-bond acceptors (Lipinski definition) is 8. The molecule has 0 fully saturated rings. The van der Waals surface area contributed by atoms with Crippen molar-refractivity contribution in [3.8, 4) is 45.5 Å². The second-order valence-electron chi connectivity index (χ2n) is 8.53. The van der Waals surface area contributed by atoms with Gasteiger partial charge in [0.15, 0.2) is 0 Å². The number of hydrogen-bond donors (Lipinski definition) is 0. The molecule has 2 heterocycles. The fourth-order valence-electron chi connectivity index (χ4n) is 3.53. The molecule has 0 bridgehead atoms. The molecule has 0 atom stereocenters. The molecular formula is C30H34N4O4Pt. The summed E-state index contributed by atoms with van der Waals surface area (Å²) >= 11 is 0. The van der Waals surface area contributed by atoms with Crippen molar-refractivity contribution in [2.24, 2.45) is 0 Å². The first-order chi connectivity index (χ1) is 18.3. The molecule has 208 valence electrons. The first-order valence-electron chi connectivity index (χ1n) is 11.9. The van der Waals surface area contributed by atoms with Crippen molar-refractivity contribution in [2.75, 3.05) is 66.4 Å².